The SMILES string of the molecule is N[C@H](Cc1cnc[nH]1)C(=O)N[C@H](Cc1ccc(O)cc1)C(=O)O. The first-order valence-electron chi connectivity index (χ1n) is 6.99. The number of H-pyrrole nitrogens is 1. The van der Waals surface area contributed by atoms with Gasteiger partial charge in [-0.3, -0.25) is 4.79 Å². The van der Waals surface area contributed by atoms with Gasteiger partial charge in [-0.2, -0.15) is 0 Å². The molecule has 0 unspecified atom stereocenters. The molecule has 6 N–H and O–H groups in total. The summed E-state index contributed by atoms with van der Waals surface area (Å²) in [6, 6.07) is 4.14. The molecular formula is C15H18N4O4. The number of imidazole rings is 1. The molecule has 0 aliphatic carbocycles. The monoisotopic (exact) mass is 318 g/mol. The number of phenols is 1. The lowest BCUT2D eigenvalue weighted by Gasteiger charge is -2.17. The molecule has 23 heavy (non-hydrogen) atoms. The summed E-state index contributed by atoms with van der Waals surface area (Å²) in [6.45, 7) is 0. The van der Waals surface area contributed by atoms with E-state index in [1.54, 1.807) is 18.3 Å². The molecule has 122 valence electrons. The maximum absolute atomic E-state index is 12.1. The molecule has 0 saturated heterocycles. The molecular weight excluding hydrogens is 300 g/mol. The van der Waals surface area contributed by atoms with Gasteiger partial charge in [-0.15, -0.1) is 0 Å². The van der Waals surface area contributed by atoms with Crippen LogP contribution in [0.4, 0.5) is 0 Å². The molecule has 8 heteroatoms. The summed E-state index contributed by atoms with van der Waals surface area (Å²) in [6.07, 6.45) is 3.36. The summed E-state index contributed by atoms with van der Waals surface area (Å²) in [4.78, 5) is 30.0. The second-order valence-electron chi connectivity index (χ2n) is 5.16. The second-order valence-corrected chi connectivity index (χ2v) is 5.16. The molecule has 0 spiro atoms. The third-order valence-electron chi connectivity index (χ3n) is 3.32. The molecule has 2 atom stereocenters. The van der Waals surface area contributed by atoms with Crippen LogP contribution in [0, 0.1) is 0 Å². The van der Waals surface area contributed by atoms with Crippen LogP contribution in [0.25, 0.3) is 0 Å². The Morgan fingerprint density at radius 3 is 2.52 bits per heavy atom. The van der Waals surface area contributed by atoms with E-state index in [1.807, 2.05) is 0 Å². The van der Waals surface area contributed by atoms with Crippen LogP contribution in [-0.4, -0.2) is 44.1 Å². The van der Waals surface area contributed by atoms with E-state index in [0.29, 0.717) is 11.3 Å². The van der Waals surface area contributed by atoms with Crippen molar-refractivity contribution in [3.63, 3.8) is 0 Å². The maximum atomic E-state index is 12.1. The molecule has 0 radical (unpaired) electrons. The van der Waals surface area contributed by atoms with Crippen molar-refractivity contribution in [2.75, 3.05) is 0 Å². The topological polar surface area (TPSA) is 141 Å². The number of carbonyl (C=O) groups is 2. The number of hydrogen-bond donors (Lipinski definition) is 5. The van der Waals surface area contributed by atoms with Gasteiger partial charge in [0.25, 0.3) is 0 Å². The third kappa shape index (κ3) is 4.82. The first-order chi connectivity index (χ1) is 11.0. The van der Waals surface area contributed by atoms with Crippen molar-refractivity contribution in [1.29, 1.82) is 0 Å². The van der Waals surface area contributed by atoms with Gasteiger partial charge in [0.1, 0.15) is 11.8 Å². The fourth-order valence-electron chi connectivity index (χ4n) is 2.07. The number of carboxylic acid groups (broad SMARTS) is 1. The average molecular weight is 318 g/mol. The Morgan fingerprint density at radius 1 is 1.26 bits per heavy atom. The number of nitrogens with two attached hydrogens (primary N) is 1. The number of hydrogen-bond acceptors (Lipinski definition) is 5. The van der Waals surface area contributed by atoms with Gasteiger partial charge in [0, 0.05) is 24.7 Å². The Bertz CT molecular complexity index is 655. The Labute approximate surface area is 132 Å². The molecule has 0 bridgehead atoms. The zero-order chi connectivity index (χ0) is 16.8. The summed E-state index contributed by atoms with van der Waals surface area (Å²) in [5.74, 6) is -1.61. The number of aromatic hydroxyl groups is 1. The lowest BCUT2D eigenvalue weighted by atomic mass is 10.0. The zero-order valence-electron chi connectivity index (χ0n) is 12.3. The Morgan fingerprint density at radius 2 is 1.96 bits per heavy atom. The lowest BCUT2D eigenvalue weighted by Crippen LogP contribution is -2.50. The standard InChI is InChI=1S/C15H18N4O4/c16-12(6-10-7-17-8-18-10)14(21)19-13(15(22)23)5-9-1-3-11(20)4-2-9/h1-4,7-8,12-13,20H,5-6,16H2,(H,17,18)(H,19,21)(H,22,23)/t12-,13-/m1/s1. The normalized spacial score (nSPS) is 13.3. The molecule has 1 heterocycles. The molecule has 0 aliphatic heterocycles. The van der Waals surface area contributed by atoms with Gasteiger partial charge >= 0.3 is 5.97 Å². The van der Waals surface area contributed by atoms with Crippen LogP contribution < -0.4 is 11.1 Å². The quantitative estimate of drug-likeness (QED) is 0.478. The third-order valence-corrected chi connectivity index (χ3v) is 3.32. The van der Waals surface area contributed by atoms with Gasteiger partial charge in [-0.25, -0.2) is 9.78 Å². The van der Waals surface area contributed by atoms with Crippen LogP contribution in [-0.2, 0) is 22.4 Å². The van der Waals surface area contributed by atoms with Gasteiger partial charge < -0.3 is 26.2 Å². The van der Waals surface area contributed by atoms with Crippen molar-refractivity contribution in [3.05, 3.63) is 48.0 Å². The number of nitrogens with one attached hydrogen (secondary N) is 2. The first-order valence-corrected chi connectivity index (χ1v) is 6.99. The van der Waals surface area contributed by atoms with Crippen LogP contribution in [0.1, 0.15) is 11.3 Å². The minimum Gasteiger partial charge on any atom is -0.508 e. The first kappa shape index (κ1) is 16.5. The minimum absolute atomic E-state index is 0.0891. The number of carbonyl (C=O) groups excluding carboxylic acids is 1. The van der Waals surface area contributed by atoms with E-state index in [4.69, 9.17) is 5.73 Å². The number of aliphatic carboxylic acids is 1. The summed E-state index contributed by atoms with van der Waals surface area (Å²) in [7, 11) is 0. The maximum Gasteiger partial charge on any atom is 0.326 e. The Kier molecular flexibility index (Phi) is 5.32. The number of rotatable bonds is 7. The van der Waals surface area contributed by atoms with Crippen LogP contribution in [0.3, 0.4) is 0 Å². The molecule has 1 aromatic heterocycles. The largest absolute Gasteiger partial charge is 0.508 e. The van der Waals surface area contributed by atoms with E-state index in [2.05, 4.69) is 15.3 Å². The van der Waals surface area contributed by atoms with Gasteiger partial charge in [0.15, 0.2) is 0 Å². The smallest absolute Gasteiger partial charge is 0.326 e. The number of benzene rings is 1. The number of carboxylic acids is 1. The van der Waals surface area contributed by atoms with Crippen molar-refractivity contribution in [2.24, 2.45) is 5.73 Å². The average Bonchev–Trinajstić information content (AvgIpc) is 3.01. The van der Waals surface area contributed by atoms with Crippen molar-refractivity contribution in [2.45, 2.75) is 24.9 Å². The molecule has 1 amide bonds. The summed E-state index contributed by atoms with van der Waals surface area (Å²) in [5, 5.41) is 20.9. The molecule has 2 rings (SSSR count). The Balaban J connectivity index is 1.96. The predicted octanol–water partition coefficient (Wildman–Crippen LogP) is -0.203. The van der Waals surface area contributed by atoms with E-state index in [-0.39, 0.29) is 18.6 Å². The van der Waals surface area contributed by atoms with E-state index >= 15 is 0 Å². The van der Waals surface area contributed by atoms with Crippen molar-refractivity contribution in [3.8, 4) is 5.75 Å². The highest BCUT2D eigenvalue weighted by Crippen LogP contribution is 2.11. The summed E-state index contributed by atoms with van der Waals surface area (Å²) < 4.78 is 0. The molecule has 2 aromatic rings. The lowest BCUT2D eigenvalue weighted by molar-refractivity contribution is -0.141. The van der Waals surface area contributed by atoms with E-state index in [0.717, 1.165) is 0 Å². The number of nitrogens with zero attached hydrogens (tertiary/aromatic N) is 1. The molecule has 8 nitrogen and oxygen atoms in total. The van der Waals surface area contributed by atoms with E-state index in [9.17, 15) is 19.8 Å². The highest BCUT2D eigenvalue weighted by atomic mass is 16.4. The van der Waals surface area contributed by atoms with Gasteiger partial charge in [-0.05, 0) is 17.7 Å². The summed E-state index contributed by atoms with van der Waals surface area (Å²) >= 11 is 0. The van der Waals surface area contributed by atoms with Crippen LogP contribution in [0.5, 0.6) is 5.75 Å². The highest BCUT2D eigenvalue weighted by molar-refractivity contribution is 5.87. The van der Waals surface area contributed by atoms with Crippen LogP contribution in [0.15, 0.2) is 36.8 Å². The predicted molar refractivity (Wildman–Crippen MR) is 81.6 cm³/mol. The van der Waals surface area contributed by atoms with Crippen molar-refractivity contribution >= 4 is 11.9 Å². The number of aromatic nitrogens is 2. The molecule has 1 aromatic carbocycles. The zero-order valence-corrected chi connectivity index (χ0v) is 12.3. The number of aromatic amines is 1. The fourth-order valence-corrected chi connectivity index (χ4v) is 2.07. The fraction of sp³-hybridized carbons (Fsp3) is 0.267. The number of amides is 1. The molecule has 0 fully saturated rings. The Hall–Kier alpha value is -2.87. The van der Waals surface area contributed by atoms with Crippen LogP contribution in [0.2, 0.25) is 0 Å². The summed E-state index contributed by atoms with van der Waals surface area (Å²) in [5.41, 5.74) is 7.16. The second kappa shape index (κ2) is 7.41. The minimum atomic E-state index is -1.15. The van der Waals surface area contributed by atoms with Crippen LogP contribution >= 0.6 is 0 Å². The van der Waals surface area contributed by atoms with Gasteiger partial charge in [-0.1, -0.05) is 12.1 Å². The molecule has 0 aliphatic rings. The van der Waals surface area contributed by atoms with E-state index < -0.39 is 24.0 Å². The highest BCUT2D eigenvalue weighted by Gasteiger charge is 2.24. The molecule has 0 saturated carbocycles. The van der Waals surface area contributed by atoms with Gasteiger partial charge in [0.05, 0.1) is 12.4 Å². The van der Waals surface area contributed by atoms with E-state index in [1.165, 1.54) is 18.5 Å². The number of phenolic OH excluding ortho intramolecular Hbond substituents is 1. The van der Waals surface area contributed by atoms with Crippen molar-refractivity contribution < 1.29 is 19.8 Å². The van der Waals surface area contributed by atoms with Gasteiger partial charge in [0.2, 0.25) is 5.91 Å². The van der Waals surface area contributed by atoms with Crippen molar-refractivity contribution in [1.82, 2.24) is 15.3 Å².